The lowest BCUT2D eigenvalue weighted by Crippen LogP contribution is -2.17. The van der Waals surface area contributed by atoms with E-state index in [1.165, 1.54) is 0 Å². The van der Waals surface area contributed by atoms with E-state index in [-0.39, 0.29) is 0 Å². The van der Waals surface area contributed by atoms with Crippen LogP contribution in [0.15, 0.2) is 36.4 Å². The van der Waals surface area contributed by atoms with Crippen LogP contribution in [0.3, 0.4) is 0 Å². The second kappa shape index (κ2) is 8.28. The molecule has 0 unspecified atom stereocenters. The number of halogens is 2. The predicted octanol–water partition coefficient (Wildman–Crippen LogP) is 4.34. The number of hydrogen-bond acceptors (Lipinski definition) is 3. The van der Waals surface area contributed by atoms with Gasteiger partial charge < -0.3 is 14.8 Å². The minimum Gasteiger partial charge on any atom is -0.497 e. The van der Waals surface area contributed by atoms with Crippen LogP contribution in [-0.2, 0) is 13.0 Å². The van der Waals surface area contributed by atoms with Crippen LogP contribution >= 0.6 is 23.2 Å². The largest absolute Gasteiger partial charge is 0.497 e. The molecule has 0 aromatic heterocycles. The van der Waals surface area contributed by atoms with Gasteiger partial charge in [0.2, 0.25) is 0 Å². The summed E-state index contributed by atoms with van der Waals surface area (Å²) in [5.74, 6) is 1.70. The molecule has 2 aromatic carbocycles. The summed E-state index contributed by atoms with van der Waals surface area (Å²) >= 11 is 12.0. The van der Waals surface area contributed by atoms with Gasteiger partial charge in [0.1, 0.15) is 11.5 Å². The Balaban J connectivity index is 1.91. The number of rotatable bonds is 7. The Morgan fingerprint density at radius 3 is 2.45 bits per heavy atom. The molecule has 0 aliphatic heterocycles. The van der Waals surface area contributed by atoms with Crippen LogP contribution in [0.25, 0.3) is 0 Å². The monoisotopic (exact) mass is 339 g/mol. The molecular formula is C17H19Cl2NO2. The van der Waals surface area contributed by atoms with E-state index >= 15 is 0 Å². The van der Waals surface area contributed by atoms with Crippen LogP contribution in [0.1, 0.15) is 11.1 Å². The van der Waals surface area contributed by atoms with Gasteiger partial charge in [0.25, 0.3) is 0 Å². The van der Waals surface area contributed by atoms with Crippen molar-refractivity contribution in [2.75, 3.05) is 20.8 Å². The second-order valence-corrected chi connectivity index (χ2v) is 5.68. The van der Waals surface area contributed by atoms with Gasteiger partial charge in [-0.3, -0.25) is 0 Å². The molecule has 118 valence electrons. The normalized spacial score (nSPS) is 10.5. The topological polar surface area (TPSA) is 30.5 Å². The van der Waals surface area contributed by atoms with E-state index in [4.69, 9.17) is 32.7 Å². The Hall–Kier alpha value is -1.42. The van der Waals surface area contributed by atoms with Gasteiger partial charge in [0.15, 0.2) is 0 Å². The van der Waals surface area contributed by atoms with Crippen LogP contribution in [0.2, 0.25) is 10.0 Å². The number of nitrogens with one attached hydrogen (secondary N) is 1. The lowest BCUT2D eigenvalue weighted by molar-refractivity contribution is 0.398. The van der Waals surface area contributed by atoms with Crippen LogP contribution in [0, 0.1) is 0 Å². The Morgan fingerprint density at radius 1 is 0.955 bits per heavy atom. The Kier molecular flexibility index (Phi) is 6.37. The summed E-state index contributed by atoms with van der Waals surface area (Å²) in [6.07, 6.45) is 0.839. The first-order chi connectivity index (χ1) is 10.6. The van der Waals surface area contributed by atoms with E-state index in [1.807, 2.05) is 30.3 Å². The van der Waals surface area contributed by atoms with Crippen LogP contribution in [-0.4, -0.2) is 20.8 Å². The Morgan fingerprint density at radius 2 is 1.77 bits per heavy atom. The lowest BCUT2D eigenvalue weighted by Gasteiger charge is -2.11. The fourth-order valence-electron chi connectivity index (χ4n) is 2.19. The summed E-state index contributed by atoms with van der Waals surface area (Å²) in [5, 5.41) is 4.70. The van der Waals surface area contributed by atoms with Crippen molar-refractivity contribution in [3.05, 3.63) is 57.6 Å². The summed E-state index contributed by atoms with van der Waals surface area (Å²) in [6.45, 7) is 1.50. The number of methoxy groups -OCH3 is 2. The molecule has 0 saturated heterocycles. The predicted molar refractivity (Wildman–Crippen MR) is 91.4 cm³/mol. The van der Waals surface area contributed by atoms with Gasteiger partial charge in [-0.15, -0.1) is 0 Å². The minimum absolute atomic E-state index is 0.648. The summed E-state index contributed by atoms with van der Waals surface area (Å²) in [4.78, 5) is 0. The zero-order chi connectivity index (χ0) is 15.9. The molecular weight excluding hydrogens is 321 g/mol. The van der Waals surface area contributed by atoms with Crippen molar-refractivity contribution in [3.8, 4) is 11.5 Å². The van der Waals surface area contributed by atoms with E-state index in [9.17, 15) is 0 Å². The van der Waals surface area contributed by atoms with Crippen molar-refractivity contribution >= 4 is 23.2 Å². The van der Waals surface area contributed by atoms with Gasteiger partial charge in [0, 0.05) is 16.6 Å². The van der Waals surface area contributed by atoms with Crippen LogP contribution in [0.4, 0.5) is 0 Å². The maximum Gasteiger partial charge on any atom is 0.122 e. The maximum atomic E-state index is 6.15. The molecule has 2 rings (SSSR count). The summed E-state index contributed by atoms with van der Waals surface area (Å²) in [5.41, 5.74) is 2.14. The van der Waals surface area contributed by atoms with E-state index in [2.05, 4.69) is 5.32 Å². The molecule has 5 heteroatoms. The average molecular weight is 340 g/mol. The molecule has 0 aliphatic rings. The van der Waals surface area contributed by atoms with E-state index < -0.39 is 0 Å². The molecule has 3 nitrogen and oxygen atoms in total. The fourth-order valence-corrected chi connectivity index (χ4v) is 2.66. The number of ether oxygens (including phenoxy) is 2. The molecule has 0 atom stereocenters. The Bertz CT molecular complexity index is 632. The summed E-state index contributed by atoms with van der Waals surface area (Å²) in [6, 6.07) is 11.3. The Labute approximate surface area is 141 Å². The van der Waals surface area contributed by atoms with Crippen molar-refractivity contribution in [1.29, 1.82) is 0 Å². The molecule has 2 aromatic rings. The van der Waals surface area contributed by atoms with Gasteiger partial charge >= 0.3 is 0 Å². The van der Waals surface area contributed by atoms with Crippen molar-refractivity contribution in [2.24, 2.45) is 0 Å². The first-order valence-electron chi connectivity index (χ1n) is 6.99. The summed E-state index contributed by atoms with van der Waals surface area (Å²) < 4.78 is 10.6. The number of benzene rings is 2. The highest BCUT2D eigenvalue weighted by Gasteiger charge is 2.05. The molecule has 0 spiro atoms. The third-order valence-corrected chi connectivity index (χ3v) is 3.98. The molecule has 0 radical (unpaired) electrons. The minimum atomic E-state index is 0.648. The molecule has 0 saturated carbocycles. The third-order valence-electron chi connectivity index (χ3n) is 3.39. The van der Waals surface area contributed by atoms with Gasteiger partial charge in [0.05, 0.1) is 14.2 Å². The van der Waals surface area contributed by atoms with Gasteiger partial charge in [-0.1, -0.05) is 29.3 Å². The van der Waals surface area contributed by atoms with Gasteiger partial charge in [-0.05, 0) is 54.4 Å². The van der Waals surface area contributed by atoms with Crippen molar-refractivity contribution in [2.45, 2.75) is 13.0 Å². The SMILES string of the molecule is COc1ccc(OC)c(CCNCc2ccc(Cl)cc2Cl)c1. The zero-order valence-electron chi connectivity index (χ0n) is 12.7. The van der Waals surface area contributed by atoms with E-state index in [1.54, 1.807) is 20.3 Å². The van der Waals surface area contributed by atoms with Crippen molar-refractivity contribution in [3.63, 3.8) is 0 Å². The maximum absolute atomic E-state index is 6.15. The molecule has 0 amide bonds. The fraction of sp³-hybridized carbons (Fsp3) is 0.294. The molecule has 0 heterocycles. The molecule has 1 N–H and O–H groups in total. The summed E-state index contributed by atoms with van der Waals surface area (Å²) in [7, 11) is 3.33. The van der Waals surface area contributed by atoms with Gasteiger partial charge in [-0.25, -0.2) is 0 Å². The molecule has 0 bridgehead atoms. The standard InChI is InChI=1S/C17H19Cl2NO2/c1-21-15-5-6-17(22-2)12(9-15)7-8-20-11-13-3-4-14(18)10-16(13)19/h3-6,9-10,20H,7-8,11H2,1-2H3. The molecule has 0 fully saturated rings. The lowest BCUT2D eigenvalue weighted by atomic mass is 10.1. The van der Waals surface area contributed by atoms with E-state index in [0.29, 0.717) is 16.6 Å². The van der Waals surface area contributed by atoms with Crippen molar-refractivity contribution in [1.82, 2.24) is 5.32 Å². The molecule has 22 heavy (non-hydrogen) atoms. The van der Waals surface area contributed by atoms with E-state index in [0.717, 1.165) is 35.6 Å². The quantitative estimate of drug-likeness (QED) is 0.761. The smallest absolute Gasteiger partial charge is 0.122 e. The highest BCUT2D eigenvalue weighted by molar-refractivity contribution is 6.35. The highest BCUT2D eigenvalue weighted by atomic mass is 35.5. The third kappa shape index (κ3) is 4.54. The van der Waals surface area contributed by atoms with Crippen LogP contribution < -0.4 is 14.8 Å². The second-order valence-electron chi connectivity index (χ2n) is 4.84. The molecule has 0 aliphatic carbocycles. The first kappa shape index (κ1) is 16.9. The van der Waals surface area contributed by atoms with Gasteiger partial charge in [-0.2, -0.15) is 0 Å². The van der Waals surface area contributed by atoms with Crippen LogP contribution in [0.5, 0.6) is 11.5 Å². The zero-order valence-corrected chi connectivity index (χ0v) is 14.2. The van der Waals surface area contributed by atoms with Crippen molar-refractivity contribution < 1.29 is 9.47 Å². The first-order valence-corrected chi connectivity index (χ1v) is 7.75. The number of hydrogen-bond donors (Lipinski definition) is 1. The average Bonchev–Trinajstić information content (AvgIpc) is 2.53. The highest BCUT2D eigenvalue weighted by Crippen LogP contribution is 2.24.